The van der Waals surface area contributed by atoms with E-state index in [-0.39, 0.29) is 22.8 Å². The third kappa shape index (κ3) is 4.59. The number of ketones is 2. The molecule has 0 aliphatic heterocycles. The highest BCUT2D eigenvalue weighted by Gasteiger charge is 2.45. The molecule has 1 aliphatic carbocycles. The van der Waals surface area contributed by atoms with E-state index in [9.17, 15) is 14.0 Å². The Bertz CT molecular complexity index is 1710. The van der Waals surface area contributed by atoms with Gasteiger partial charge in [-0.3, -0.25) is 14.6 Å². The number of fused-ring (bicyclic) bond motifs is 1. The van der Waals surface area contributed by atoms with E-state index >= 15 is 0 Å². The third-order valence-corrected chi connectivity index (χ3v) is 7.91. The summed E-state index contributed by atoms with van der Waals surface area (Å²) in [5, 5.41) is 0.712. The molecule has 3 aromatic carbocycles. The zero-order chi connectivity index (χ0) is 27.1. The van der Waals surface area contributed by atoms with E-state index in [1.807, 2.05) is 62.4 Å². The maximum Gasteiger partial charge on any atom is 0.167 e. The Morgan fingerprint density at radius 2 is 1.62 bits per heavy atom. The number of hydrogen-bond acceptors (Lipinski definition) is 4. The number of rotatable bonds is 8. The smallest absolute Gasteiger partial charge is 0.167 e. The van der Waals surface area contributed by atoms with Crippen LogP contribution in [-0.2, 0) is 5.41 Å². The van der Waals surface area contributed by atoms with E-state index in [1.165, 1.54) is 17.7 Å². The molecule has 1 saturated carbocycles. The highest BCUT2D eigenvalue weighted by molar-refractivity contribution is 6.12. The molecule has 0 bridgehead atoms. The Kier molecular flexibility index (Phi) is 6.22. The first-order valence-electron chi connectivity index (χ1n) is 13.3. The van der Waals surface area contributed by atoms with Gasteiger partial charge in [0, 0.05) is 47.2 Å². The number of halogens is 1. The Morgan fingerprint density at radius 1 is 0.897 bits per heavy atom. The van der Waals surface area contributed by atoms with Gasteiger partial charge in [0.2, 0.25) is 0 Å². The highest BCUT2D eigenvalue weighted by Crippen LogP contribution is 2.51. The number of carbonyl (C=O) groups is 2. The van der Waals surface area contributed by atoms with Crippen LogP contribution in [0.4, 0.5) is 4.39 Å². The Hall–Kier alpha value is -4.38. The molecule has 2 aromatic heterocycles. The summed E-state index contributed by atoms with van der Waals surface area (Å²) >= 11 is 0. The molecular formula is C34H28FNO3. The number of aryl methyl sites for hydroxylation is 1. The van der Waals surface area contributed by atoms with Gasteiger partial charge in [0.05, 0.1) is 5.56 Å². The number of Topliss-reactive ketones (excluding diaryl/α,β-unsaturated/α-hetero) is 2. The molecule has 1 fully saturated rings. The van der Waals surface area contributed by atoms with Crippen molar-refractivity contribution in [2.75, 3.05) is 0 Å². The van der Waals surface area contributed by atoms with Gasteiger partial charge in [-0.15, -0.1) is 0 Å². The maximum atomic E-state index is 13.6. The van der Waals surface area contributed by atoms with E-state index in [1.54, 1.807) is 24.5 Å². The average molecular weight is 518 g/mol. The fraction of sp³-hybridized carbons (Fsp3) is 0.206. The zero-order valence-electron chi connectivity index (χ0n) is 22.0. The molecule has 39 heavy (non-hydrogen) atoms. The lowest BCUT2D eigenvalue weighted by atomic mass is 9.88. The molecule has 5 heteroatoms. The summed E-state index contributed by atoms with van der Waals surface area (Å²) in [4.78, 5) is 30.6. The predicted octanol–water partition coefficient (Wildman–Crippen LogP) is 8.51. The van der Waals surface area contributed by atoms with Crippen molar-refractivity contribution in [3.05, 3.63) is 113 Å². The van der Waals surface area contributed by atoms with E-state index in [0.29, 0.717) is 46.3 Å². The number of benzene rings is 3. The quantitative estimate of drug-likeness (QED) is 0.194. The Balaban J connectivity index is 1.39. The lowest BCUT2D eigenvalue weighted by Crippen LogP contribution is -2.14. The number of hydrogen-bond donors (Lipinski definition) is 0. The zero-order valence-corrected chi connectivity index (χ0v) is 22.0. The molecule has 0 amide bonds. The number of aromatic nitrogens is 1. The van der Waals surface area contributed by atoms with Gasteiger partial charge in [-0.2, -0.15) is 0 Å². The number of pyridine rings is 1. The van der Waals surface area contributed by atoms with Crippen molar-refractivity contribution in [3.63, 3.8) is 0 Å². The van der Waals surface area contributed by atoms with Crippen LogP contribution in [0.1, 0.15) is 64.4 Å². The van der Waals surface area contributed by atoms with Crippen LogP contribution in [0.15, 0.2) is 89.6 Å². The fourth-order valence-corrected chi connectivity index (χ4v) is 5.46. The standard InChI is InChI=1S/C34H28FNO3/c1-3-29(37)32-28-18-23(8-11-31(28)39-33(32)22-6-9-26(35)10-7-22)27-19-24(5-4-21(27)2)30(38)20-34(14-15-34)25-12-16-36-17-13-25/h4-13,16-19H,3,14-15,20H2,1-2H3. The second-order valence-corrected chi connectivity index (χ2v) is 10.4. The topological polar surface area (TPSA) is 60.2 Å². The van der Waals surface area contributed by atoms with E-state index in [0.717, 1.165) is 29.5 Å². The highest BCUT2D eigenvalue weighted by atomic mass is 19.1. The van der Waals surface area contributed by atoms with E-state index in [2.05, 4.69) is 4.98 Å². The van der Waals surface area contributed by atoms with Gasteiger partial charge < -0.3 is 4.42 Å². The van der Waals surface area contributed by atoms with Gasteiger partial charge in [0.1, 0.15) is 17.2 Å². The lowest BCUT2D eigenvalue weighted by molar-refractivity contribution is 0.0967. The van der Waals surface area contributed by atoms with Gasteiger partial charge in [-0.05, 0) is 96.6 Å². The van der Waals surface area contributed by atoms with Crippen LogP contribution in [-0.4, -0.2) is 16.6 Å². The molecule has 0 radical (unpaired) electrons. The monoisotopic (exact) mass is 517 g/mol. The van der Waals surface area contributed by atoms with Gasteiger partial charge in [0.15, 0.2) is 11.6 Å². The largest absolute Gasteiger partial charge is 0.455 e. The third-order valence-electron chi connectivity index (χ3n) is 7.91. The molecule has 2 heterocycles. The van der Waals surface area contributed by atoms with Crippen molar-refractivity contribution in [1.29, 1.82) is 0 Å². The fourth-order valence-electron chi connectivity index (χ4n) is 5.46. The molecule has 0 unspecified atom stereocenters. The van der Waals surface area contributed by atoms with Crippen LogP contribution in [0.5, 0.6) is 0 Å². The van der Waals surface area contributed by atoms with Gasteiger partial charge in [-0.1, -0.05) is 25.1 Å². The first-order valence-corrected chi connectivity index (χ1v) is 13.3. The molecule has 0 atom stereocenters. The van der Waals surface area contributed by atoms with Crippen molar-refractivity contribution >= 4 is 22.5 Å². The van der Waals surface area contributed by atoms with Gasteiger partial charge in [0.25, 0.3) is 0 Å². The van der Waals surface area contributed by atoms with Crippen LogP contribution in [0.2, 0.25) is 0 Å². The summed E-state index contributed by atoms with van der Waals surface area (Å²) in [5.74, 6) is 0.173. The maximum absolute atomic E-state index is 13.6. The molecule has 0 spiro atoms. The van der Waals surface area contributed by atoms with Crippen molar-refractivity contribution in [2.45, 2.75) is 44.9 Å². The van der Waals surface area contributed by atoms with Crippen LogP contribution < -0.4 is 0 Å². The summed E-state index contributed by atoms with van der Waals surface area (Å²) < 4.78 is 19.7. The minimum absolute atomic E-state index is 0.0447. The molecule has 0 saturated heterocycles. The Morgan fingerprint density at radius 3 is 2.31 bits per heavy atom. The predicted molar refractivity (Wildman–Crippen MR) is 150 cm³/mol. The summed E-state index contributed by atoms with van der Waals surface area (Å²) in [7, 11) is 0. The van der Waals surface area contributed by atoms with Crippen molar-refractivity contribution in [1.82, 2.24) is 4.98 Å². The van der Waals surface area contributed by atoms with E-state index < -0.39 is 0 Å². The molecule has 5 aromatic rings. The van der Waals surface area contributed by atoms with Crippen molar-refractivity contribution in [3.8, 4) is 22.5 Å². The second-order valence-electron chi connectivity index (χ2n) is 10.4. The molecule has 0 N–H and O–H groups in total. The summed E-state index contributed by atoms with van der Waals surface area (Å²) in [6.07, 6.45) is 6.36. The number of furan rings is 1. The minimum Gasteiger partial charge on any atom is -0.455 e. The summed E-state index contributed by atoms with van der Waals surface area (Å²) in [5.41, 5.74) is 6.38. The van der Waals surface area contributed by atoms with Gasteiger partial charge >= 0.3 is 0 Å². The Labute approximate surface area is 226 Å². The van der Waals surface area contributed by atoms with Crippen molar-refractivity contribution < 1.29 is 18.4 Å². The normalized spacial score (nSPS) is 13.9. The van der Waals surface area contributed by atoms with Crippen LogP contribution in [0.25, 0.3) is 33.4 Å². The van der Waals surface area contributed by atoms with Crippen LogP contribution >= 0.6 is 0 Å². The first-order chi connectivity index (χ1) is 18.9. The first kappa shape index (κ1) is 24.9. The number of carbonyl (C=O) groups excluding carboxylic acids is 2. The molecule has 1 aliphatic rings. The van der Waals surface area contributed by atoms with Gasteiger partial charge in [-0.25, -0.2) is 4.39 Å². The molecule has 194 valence electrons. The molecular weight excluding hydrogens is 489 g/mol. The number of nitrogens with zero attached hydrogens (tertiary/aromatic N) is 1. The average Bonchev–Trinajstić information content (AvgIpc) is 3.65. The minimum atomic E-state index is -0.348. The van der Waals surface area contributed by atoms with E-state index in [4.69, 9.17) is 4.42 Å². The second kappa shape index (κ2) is 9.73. The molecule has 6 rings (SSSR count). The van der Waals surface area contributed by atoms with Crippen molar-refractivity contribution in [2.24, 2.45) is 0 Å². The SMILES string of the molecule is CCC(=O)c1c(-c2ccc(F)cc2)oc2ccc(-c3cc(C(=O)CC4(c5ccncc5)CC4)ccc3C)cc12. The summed E-state index contributed by atoms with van der Waals surface area (Å²) in [6.45, 7) is 3.84. The summed E-state index contributed by atoms with van der Waals surface area (Å²) in [6, 6.07) is 21.6. The van der Waals surface area contributed by atoms with Crippen LogP contribution in [0, 0.1) is 12.7 Å². The van der Waals surface area contributed by atoms with Crippen LogP contribution in [0.3, 0.4) is 0 Å². The molecule has 4 nitrogen and oxygen atoms in total. The lowest BCUT2D eigenvalue weighted by Gasteiger charge is -2.15.